The maximum absolute atomic E-state index is 10.2. The fourth-order valence-electron chi connectivity index (χ4n) is 0.383. The van der Waals surface area contributed by atoms with E-state index in [4.69, 9.17) is 10.2 Å². The quantitative estimate of drug-likeness (QED) is 0.576. The number of carboxylic acid groups (broad SMARTS) is 1. The third-order valence-electron chi connectivity index (χ3n) is 1.15. The molecule has 2 N–H and O–H groups in total. The number of rotatable bonds is 3. The highest BCUT2D eigenvalue weighted by Crippen LogP contribution is 2.22. The molecule has 0 amide bonds. The lowest BCUT2D eigenvalue weighted by molar-refractivity contribution is -0.149. The van der Waals surface area contributed by atoms with E-state index in [2.05, 4.69) is 0 Å². The van der Waals surface area contributed by atoms with Gasteiger partial charge in [0.15, 0.2) is 0 Å². The predicted molar refractivity (Wildman–Crippen MR) is 36.4 cm³/mol. The lowest BCUT2D eigenvalue weighted by Crippen LogP contribution is -2.33. The molecule has 4 heteroatoms. The summed E-state index contributed by atoms with van der Waals surface area (Å²) >= 11 is 0.936. The van der Waals surface area contributed by atoms with Crippen LogP contribution in [0.2, 0.25) is 0 Å². The molecular formula is C5H10O3S. The van der Waals surface area contributed by atoms with Crippen LogP contribution in [-0.4, -0.2) is 27.4 Å². The average Bonchev–Trinajstić information content (AvgIpc) is 1.86. The molecule has 0 aromatic carbocycles. The highest BCUT2D eigenvalue weighted by Gasteiger charge is 2.32. The summed E-state index contributed by atoms with van der Waals surface area (Å²) in [6.45, 7) is 1.63. The molecule has 0 saturated carbocycles. The molecule has 0 bridgehead atoms. The monoisotopic (exact) mass is 150 g/mol. The first-order valence-corrected chi connectivity index (χ1v) is 3.80. The smallest absolute Gasteiger partial charge is 0.346 e. The molecule has 1 atom stereocenters. The Bertz CT molecular complexity index is 109. The van der Waals surface area contributed by atoms with Gasteiger partial charge in [-0.1, -0.05) is 6.92 Å². The molecule has 0 rings (SSSR count). The van der Waals surface area contributed by atoms with Gasteiger partial charge in [-0.2, -0.15) is 0 Å². The number of carboxylic acids is 1. The van der Waals surface area contributed by atoms with E-state index in [1.807, 2.05) is 0 Å². The van der Waals surface area contributed by atoms with E-state index in [1.54, 1.807) is 13.2 Å². The van der Waals surface area contributed by atoms with Gasteiger partial charge >= 0.3 is 5.97 Å². The molecule has 54 valence electrons. The molecular weight excluding hydrogens is 140 g/mol. The van der Waals surface area contributed by atoms with E-state index in [9.17, 15) is 4.79 Å². The van der Waals surface area contributed by atoms with Gasteiger partial charge in [0, 0.05) is 0 Å². The molecule has 0 aliphatic carbocycles. The first kappa shape index (κ1) is 8.78. The third kappa shape index (κ3) is 1.87. The molecule has 0 aliphatic rings. The molecule has 9 heavy (non-hydrogen) atoms. The topological polar surface area (TPSA) is 57.5 Å². The van der Waals surface area contributed by atoms with E-state index in [0.29, 0.717) is 0 Å². The van der Waals surface area contributed by atoms with Crippen LogP contribution in [0, 0.1) is 0 Å². The second kappa shape index (κ2) is 3.08. The van der Waals surface area contributed by atoms with Crippen LogP contribution in [0.5, 0.6) is 0 Å². The molecule has 3 nitrogen and oxygen atoms in total. The minimum Gasteiger partial charge on any atom is -0.478 e. The van der Waals surface area contributed by atoms with Crippen LogP contribution in [-0.2, 0) is 4.79 Å². The average molecular weight is 150 g/mol. The number of carbonyl (C=O) groups is 1. The Hall–Kier alpha value is -0.220. The summed E-state index contributed by atoms with van der Waals surface area (Å²) in [6, 6.07) is 0. The van der Waals surface area contributed by atoms with Gasteiger partial charge in [0.1, 0.15) is 0 Å². The highest BCUT2D eigenvalue weighted by atomic mass is 32.2. The largest absolute Gasteiger partial charge is 0.478 e. The summed E-state index contributed by atoms with van der Waals surface area (Å²) in [4.78, 5) is 8.63. The van der Waals surface area contributed by atoms with Crippen LogP contribution in [0.3, 0.4) is 0 Å². The number of aliphatic carboxylic acids is 1. The van der Waals surface area contributed by atoms with Crippen molar-refractivity contribution in [2.75, 3.05) is 6.26 Å². The zero-order valence-corrected chi connectivity index (χ0v) is 6.23. The highest BCUT2D eigenvalue weighted by molar-refractivity contribution is 8.00. The Morgan fingerprint density at radius 2 is 2.22 bits per heavy atom. The number of aliphatic hydroxyl groups is 1. The molecule has 0 spiro atoms. The van der Waals surface area contributed by atoms with Gasteiger partial charge in [0.2, 0.25) is 4.93 Å². The number of hydrogen-bond acceptors (Lipinski definition) is 3. The third-order valence-corrected chi connectivity index (χ3v) is 2.29. The zero-order valence-electron chi connectivity index (χ0n) is 5.42. The molecule has 0 heterocycles. The SMILES string of the molecule is CCC(O)(SC)C(=O)O. The lowest BCUT2D eigenvalue weighted by atomic mass is 10.3. The van der Waals surface area contributed by atoms with Crippen molar-refractivity contribution >= 4 is 17.7 Å². The van der Waals surface area contributed by atoms with Gasteiger partial charge in [0.05, 0.1) is 0 Å². The van der Waals surface area contributed by atoms with Crippen molar-refractivity contribution in [3.05, 3.63) is 0 Å². The van der Waals surface area contributed by atoms with Crippen molar-refractivity contribution < 1.29 is 15.0 Å². The van der Waals surface area contributed by atoms with Crippen molar-refractivity contribution in [2.24, 2.45) is 0 Å². The normalized spacial score (nSPS) is 16.8. The van der Waals surface area contributed by atoms with Gasteiger partial charge in [-0.15, -0.1) is 11.8 Å². The van der Waals surface area contributed by atoms with Crippen LogP contribution in [0.15, 0.2) is 0 Å². The van der Waals surface area contributed by atoms with Crippen LogP contribution in [0.1, 0.15) is 13.3 Å². The molecule has 0 fully saturated rings. The zero-order chi connectivity index (χ0) is 7.49. The van der Waals surface area contributed by atoms with Gasteiger partial charge in [-0.25, -0.2) is 4.79 Å². The molecule has 0 aliphatic heterocycles. The molecule has 0 saturated heterocycles. The number of hydrogen-bond donors (Lipinski definition) is 2. The van der Waals surface area contributed by atoms with Crippen molar-refractivity contribution in [1.29, 1.82) is 0 Å². The minimum absolute atomic E-state index is 0.226. The molecule has 1 unspecified atom stereocenters. The Morgan fingerprint density at radius 3 is 2.22 bits per heavy atom. The molecule has 0 aromatic heterocycles. The van der Waals surface area contributed by atoms with Crippen molar-refractivity contribution in [1.82, 2.24) is 0 Å². The van der Waals surface area contributed by atoms with E-state index < -0.39 is 10.9 Å². The summed E-state index contributed by atoms with van der Waals surface area (Å²) in [5.74, 6) is -1.17. The van der Waals surface area contributed by atoms with E-state index >= 15 is 0 Å². The molecule has 0 radical (unpaired) electrons. The number of thioether (sulfide) groups is 1. The summed E-state index contributed by atoms with van der Waals surface area (Å²) < 4.78 is 0. The fraction of sp³-hybridized carbons (Fsp3) is 0.800. The predicted octanol–water partition coefficient (Wildman–Crippen LogP) is 0.533. The Morgan fingerprint density at radius 1 is 1.78 bits per heavy atom. The first-order chi connectivity index (χ1) is 4.06. The fourth-order valence-corrected chi connectivity index (χ4v) is 0.846. The summed E-state index contributed by atoms with van der Waals surface area (Å²) in [5.41, 5.74) is 0. The first-order valence-electron chi connectivity index (χ1n) is 2.57. The van der Waals surface area contributed by atoms with Crippen molar-refractivity contribution in [3.63, 3.8) is 0 Å². The van der Waals surface area contributed by atoms with Gasteiger partial charge < -0.3 is 10.2 Å². The van der Waals surface area contributed by atoms with E-state index in [1.165, 1.54) is 0 Å². The van der Waals surface area contributed by atoms with Gasteiger partial charge in [-0.3, -0.25) is 0 Å². The Balaban J connectivity index is 4.09. The summed E-state index contributed by atoms with van der Waals surface area (Å²) in [7, 11) is 0. The second-order valence-electron chi connectivity index (χ2n) is 1.65. The molecule has 0 aromatic rings. The minimum atomic E-state index is -1.58. The lowest BCUT2D eigenvalue weighted by Gasteiger charge is -2.17. The van der Waals surface area contributed by atoms with Crippen LogP contribution < -0.4 is 0 Å². The Labute approximate surface area is 58.1 Å². The van der Waals surface area contributed by atoms with Crippen LogP contribution >= 0.6 is 11.8 Å². The van der Waals surface area contributed by atoms with Gasteiger partial charge in [-0.05, 0) is 12.7 Å². The van der Waals surface area contributed by atoms with Crippen molar-refractivity contribution in [2.45, 2.75) is 18.3 Å². The maximum Gasteiger partial charge on any atom is 0.346 e. The van der Waals surface area contributed by atoms with Crippen LogP contribution in [0.4, 0.5) is 0 Å². The van der Waals surface area contributed by atoms with E-state index in [-0.39, 0.29) is 6.42 Å². The standard InChI is InChI=1S/C5H10O3S/c1-3-5(8,9-2)4(6)7/h8H,3H2,1-2H3,(H,6,7). The maximum atomic E-state index is 10.2. The van der Waals surface area contributed by atoms with Gasteiger partial charge in [0.25, 0.3) is 0 Å². The second-order valence-corrected chi connectivity index (χ2v) is 2.73. The van der Waals surface area contributed by atoms with Crippen LogP contribution in [0.25, 0.3) is 0 Å². The Kier molecular flexibility index (Phi) is 3.00. The van der Waals surface area contributed by atoms with Crippen molar-refractivity contribution in [3.8, 4) is 0 Å². The summed E-state index contributed by atoms with van der Waals surface area (Å²) in [6.07, 6.45) is 1.79. The summed E-state index contributed by atoms with van der Waals surface area (Å²) in [5, 5.41) is 17.4. The van der Waals surface area contributed by atoms with E-state index in [0.717, 1.165) is 11.8 Å².